The van der Waals surface area contributed by atoms with E-state index in [-0.39, 0.29) is 22.8 Å². The van der Waals surface area contributed by atoms with Crippen molar-refractivity contribution in [2.24, 2.45) is 0 Å². The normalized spacial score (nSPS) is 14.7. The van der Waals surface area contributed by atoms with E-state index in [0.29, 0.717) is 10.8 Å². The molecule has 1 N–H and O–H groups in total. The Bertz CT molecular complexity index is 944. The maximum absolute atomic E-state index is 12.7. The molecule has 0 radical (unpaired) electrons. The van der Waals surface area contributed by atoms with Crippen molar-refractivity contribution in [2.45, 2.75) is 24.3 Å². The van der Waals surface area contributed by atoms with Crippen molar-refractivity contribution in [3.05, 3.63) is 46.9 Å². The van der Waals surface area contributed by atoms with Crippen LogP contribution in [0.15, 0.2) is 35.4 Å². The van der Waals surface area contributed by atoms with Gasteiger partial charge in [0.25, 0.3) is 0 Å². The fourth-order valence-electron chi connectivity index (χ4n) is 2.88. The number of hydrogen-bond donors (Lipinski definition) is 1. The predicted molar refractivity (Wildman–Crippen MR) is 101 cm³/mol. The van der Waals surface area contributed by atoms with Crippen molar-refractivity contribution < 1.29 is 18.3 Å². The third-order valence-electron chi connectivity index (χ3n) is 4.34. The number of carboxylic acids is 1. The van der Waals surface area contributed by atoms with Gasteiger partial charge in [-0.3, -0.25) is 0 Å². The molecule has 0 atom stereocenters. The zero-order valence-corrected chi connectivity index (χ0v) is 16.2. The molecule has 1 aromatic carbocycles. The molecule has 0 unspecified atom stereocenters. The van der Waals surface area contributed by atoms with Gasteiger partial charge < -0.3 is 10.0 Å². The standard InChI is InChI=1S/C17H19ClN4O4S/c1-21(27(25,26)13-6-4-12(18)5-7-13)11-15-19-10-14(17(23)24)16(20-15)22-8-2-3-9-22/h4-7,10H,2-3,8-9,11H2,1H3,(H,23,24). The van der Waals surface area contributed by atoms with E-state index in [9.17, 15) is 18.3 Å². The lowest BCUT2D eigenvalue weighted by Gasteiger charge is -2.20. The summed E-state index contributed by atoms with van der Waals surface area (Å²) in [5, 5.41) is 9.82. The molecule has 0 saturated carbocycles. The summed E-state index contributed by atoms with van der Waals surface area (Å²) in [5.74, 6) is -0.533. The largest absolute Gasteiger partial charge is 0.477 e. The van der Waals surface area contributed by atoms with Crippen LogP contribution < -0.4 is 4.90 Å². The molecule has 144 valence electrons. The minimum absolute atomic E-state index is 0.0175. The molecule has 8 nitrogen and oxygen atoms in total. The fourth-order valence-corrected chi connectivity index (χ4v) is 4.13. The van der Waals surface area contributed by atoms with Crippen molar-refractivity contribution in [2.75, 3.05) is 25.0 Å². The minimum atomic E-state index is -3.75. The van der Waals surface area contributed by atoms with E-state index in [2.05, 4.69) is 9.97 Å². The first kappa shape index (κ1) is 19.5. The van der Waals surface area contributed by atoms with Crippen LogP contribution in [0, 0.1) is 0 Å². The zero-order chi connectivity index (χ0) is 19.6. The number of aromatic nitrogens is 2. The monoisotopic (exact) mass is 410 g/mol. The van der Waals surface area contributed by atoms with Gasteiger partial charge in [0.15, 0.2) is 0 Å². The Morgan fingerprint density at radius 3 is 2.48 bits per heavy atom. The number of hydrogen-bond acceptors (Lipinski definition) is 6. The van der Waals surface area contributed by atoms with Crippen LogP contribution in [0.3, 0.4) is 0 Å². The molecule has 1 aliphatic rings. The first-order valence-electron chi connectivity index (χ1n) is 8.35. The summed E-state index contributed by atoms with van der Waals surface area (Å²) in [4.78, 5) is 21.9. The molecule has 1 aromatic heterocycles. The molecule has 0 spiro atoms. The van der Waals surface area contributed by atoms with Crippen molar-refractivity contribution in [1.29, 1.82) is 0 Å². The lowest BCUT2D eigenvalue weighted by atomic mass is 10.3. The number of halogens is 1. The SMILES string of the molecule is CN(Cc1ncc(C(=O)O)c(N2CCCC2)n1)S(=O)(=O)c1ccc(Cl)cc1. The fraction of sp³-hybridized carbons (Fsp3) is 0.353. The summed E-state index contributed by atoms with van der Waals surface area (Å²) in [6, 6.07) is 5.87. The Kier molecular flexibility index (Phi) is 5.64. The van der Waals surface area contributed by atoms with Gasteiger partial charge in [-0.15, -0.1) is 0 Å². The number of carboxylic acid groups (broad SMARTS) is 1. The first-order valence-corrected chi connectivity index (χ1v) is 10.2. The Morgan fingerprint density at radius 1 is 1.26 bits per heavy atom. The van der Waals surface area contributed by atoms with Crippen LogP contribution in [0.2, 0.25) is 5.02 Å². The summed E-state index contributed by atoms with van der Waals surface area (Å²) in [6.07, 6.45) is 3.16. The minimum Gasteiger partial charge on any atom is -0.477 e. The van der Waals surface area contributed by atoms with Crippen LogP contribution >= 0.6 is 11.6 Å². The van der Waals surface area contributed by atoms with E-state index in [1.165, 1.54) is 37.5 Å². The maximum atomic E-state index is 12.7. The van der Waals surface area contributed by atoms with Gasteiger partial charge in [-0.1, -0.05) is 11.6 Å². The highest BCUT2D eigenvalue weighted by Gasteiger charge is 2.25. The Labute approximate surface area is 162 Å². The Balaban J connectivity index is 1.87. The van der Waals surface area contributed by atoms with Gasteiger partial charge in [0.2, 0.25) is 10.0 Å². The summed E-state index contributed by atoms with van der Waals surface area (Å²) >= 11 is 5.81. The molecule has 1 saturated heterocycles. The van der Waals surface area contributed by atoms with Gasteiger partial charge in [-0.25, -0.2) is 23.2 Å². The second-order valence-corrected chi connectivity index (χ2v) is 8.72. The molecule has 0 aliphatic carbocycles. The van der Waals surface area contributed by atoms with Gasteiger partial charge >= 0.3 is 5.97 Å². The van der Waals surface area contributed by atoms with E-state index in [1.54, 1.807) is 0 Å². The number of nitrogens with zero attached hydrogens (tertiary/aromatic N) is 4. The first-order chi connectivity index (χ1) is 12.8. The molecule has 0 bridgehead atoms. The van der Waals surface area contributed by atoms with E-state index in [4.69, 9.17) is 11.6 Å². The second kappa shape index (κ2) is 7.79. The number of aromatic carboxylic acids is 1. The van der Waals surface area contributed by atoms with Gasteiger partial charge in [0, 0.05) is 31.4 Å². The predicted octanol–water partition coefficient (Wildman–Crippen LogP) is 2.25. The molecule has 1 aliphatic heterocycles. The molecule has 1 fully saturated rings. The van der Waals surface area contributed by atoms with Gasteiger partial charge in [-0.05, 0) is 37.1 Å². The van der Waals surface area contributed by atoms with Crippen molar-refractivity contribution in [1.82, 2.24) is 14.3 Å². The van der Waals surface area contributed by atoms with Crippen molar-refractivity contribution >= 4 is 33.4 Å². The second-order valence-electron chi connectivity index (χ2n) is 6.24. The summed E-state index contributed by atoms with van der Waals surface area (Å²) in [7, 11) is -2.32. The number of anilines is 1. The summed E-state index contributed by atoms with van der Waals surface area (Å²) in [5.41, 5.74) is 0.0175. The zero-order valence-electron chi connectivity index (χ0n) is 14.7. The lowest BCUT2D eigenvalue weighted by molar-refractivity contribution is 0.0696. The van der Waals surface area contributed by atoms with Gasteiger partial charge in [0.1, 0.15) is 17.2 Å². The van der Waals surface area contributed by atoms with E-state index < -0.39 is 16.0 Å². The molecule has 0 amide bonds. The van der Waals surface area contributed by atoms with E-state index >= 15 is 0 Å². The summed E-state index contributed by atoms with van der Waals surface area (Å²) < 4.78 is 26.5. The Hall–Kier alpha value is -2.23. The van der Waals surface area contributed by atoms with E-state index in [1.807, 2.05) is 4.90 Å². The molecule has 27 heavy (non-hydrogen) atoms. The molecule has 2 aromatic rings. The molecule has 3 rings (SSSR count). The molecular weight excluding hydrogens is 392 g/mol. The van der Waals surface area contributed by atoms with Crippen molar-refractivity contribution in [3.63, 3.8) is 0 Å². The van der Waals surface area contributed by atoms with Crippen LogP contribution in [0.25, 0.3) is 0 Å². The van der Waals surface area contributed by atoms with E-state index in [0.717, 1.165) is 30.2 Å². The number of carbonyl (C=O) groups is 1. The van der Waals surface area contributed by atoms with Crippen LogP contribution in [-0.4, -0.2) is 53.9 Å². The molecule has 2 heterocycles. The number of benzene rings is 1. The van der Waals surface area contributed by atoms with Crippen LogP contribution in [0.1, 0.15) is 29.0 Å². The topological polar surface area (TPSA) is 104 Å². The molecular formula is C17H19ClN4O4S. The van der Waals surface area contributed by atoms with Gasteiger partial charge in [-0.2, -0.15) is 4.31 Å². The van der Waals surface area contributed by atoms with Crippen LogP contribution in [0.4, 0.5) is 5.82 Å². The Morgan fingerprint density at radius 2 is 1.89 bits per heavy atom. The number of rotatable bonds is 6. The van der Waals surface area contributed by atoms with Crippen LogP contribution in [0.5, 0.6) is 0 Å². The average molecular weight is 411 g/mol. The quantitative estimate of drug-likeness (QED) is 0.778. The average Bonchev–Trinajstić information content (AvgIpc) is 3.16. The maximum Gasteiger partial charge on any atom is 0.341 e. The smallest absolute Gasteiger partial charge is 0.341 e. The molecule has 10 heteroatoms. The van der Waals surface area contributed by atoms with Gasteiger partial charge in [0.05, 0.1) is 11.4 Å². The lowest BCUT2D eigenvalue weighted by Crippen LogP contribution is -2.28. The highest BCUT2D eigenvalue weighted by Crippen LogP contribution is 2.23. The van der Waals surface area contributed by atoms with Crippen molar-refractivity contribution in [3.8, 4) is 0 Å². The highest BCUT2D eigenvalue weighted by atomic mass is 35.5. The third kappa shape index (κ3) is 4.20. The third-order valence-corrected chi connectivity index (χ3v) is 6.41. The highest BCUT2D eigenvalue weighted by molar-refractivity contribution is 7.89. The number of sulfonamides is 1. The summed E-state index contributed by atoms with van der Waals surface area (Å²) in [6.45, 7) is 1.36. The van der Waals surface area contributed by atoms with Crippen LogP contribution in [-0.2, 0) is 16.6 Å².